The third-order valence-electron chi connectivity index (χ3n) is 5.21. The smallest absolute Gasteiger partial charge is 0.0778 e. The molecule has 1 atom stereocenters. The van der Waals surface area contributed by atoms with Crippen LogP contribution in [0.5, 0.6) is 0 Å². The van der Waals surface area contributed by atoms with Gasteiger partial charge in [-0.05, 0) is 35.6 Å². The Labute approximate surface area is 126 Å². The summed E-state index contributed by atoms with van der Waals surface area (Å²) in [7, 11) is 0. The van der Waals surface area contributed by atoms with Crippen LogP contribution in [-0.2, 0) is 12.0 Å². The Bertz CT molecular complexity index is 664. The minimum atomic E-state index is 0.0987. The van der Waals surface area contributed by atoms with Crippen LogP contribution in [0.4, 0.5) is 5.69 Å². The van der Waals surface area contributed by atoms with Gasteiger partial charge in [-0.1, -0.05) is 49.4 Å². The second kappa shape index (κ2) is 4.88. The van der Waals surface area contributed by atoms with Crippen molar-refractivity contribution in [1.82, 2.24) is 5.32 Å². The van der Waals surface area contributed by atoms with Crippen molar-refractivity contribution in [2.45, 2.75) is 25.3 Å². The number of piperazine rings is 1. The van der Waals surface area contributed by atoms with Gasteiger partial charge >= 0.3 is 0 Å². The molecule has 4 rings (SSSR count). The van der Waals surface area contributed by atoms with Crippen LogP contribution in [0.3, 0.4) is 0 Å². The molecule has 1 N–H and O–H groups in total. The van der Waals surface area contributed by atoms with Crippen LogP contribution in [0.25, 0.3) is 0 Å². The summed E-state index contributed by atoms with van der Waals surface area (Å²) in [4.78, 5) is 2.66. The fourth-order valence-electron chi connectivity index (χ4n) is 4.15. The third kappa shape index (κ3) is 1.82. The number of anilines is 1. The second-order valence-corrected chi connectivity index (χ2v) is 6.18. The number of fused-ring (bicyclic) bond motifs is 5. The van der Waals surface area contributed by atoms with E-state index in [4.69, 9.17) is 0 Å². The van der Waals surface area contributed by atoms with Gasteiger partial charge in [-0.25, -0.2) is 0 Å². The summed E-state index contributed by atoms with van der Waals surface area (Å²) in [5.41, 5.74) is 5.98. The predicted octanol–water partition coefficient (Wildman–Crippen LogP) is 3.31. The topological polar surface area (TPSA) is 15.3 Å². The van der Waals surface area contributed by atoms with Crippen molar-refractivity contribution < 1.29 is 0 Å². The molecular weight excluding hydrogens is 256 g/mol. The first-order chi connectivity index (χ1) is 10.3. The lowest BCUT2D eigenvalue weighted by Crippen LogP contribution is -2.59. The molecule has 108 valence electrons. The first-order valence-corrected chi connectivity index (χ1v) is 8.00. The van der Waals surface area contributed by atoms with E-state index < -0.39 is 0 Å². The quantitative estimate of drug-likeness (QED) is 0.861. The van der Waals surface area contributed by atoms with Gasteiger partial charge in [0, 0.05) is 25.3 Å². The number of benzene rings is 2. The Kier molecular flexibility index (Phi) is 3.00. The molecule has 0 radical (unpaired) electrons. The standard InChI is InChI=1S/C19H22N2/c1-2-19-14-20-11-12-21(19)18-10-6-4-8-16(18)13-15-7-3-5-9-17(15)19/h3-10,20H,2,11-14H2,1H3/t19-/m0/s1. The van der Waals surface area contributed by atoms with Gasteiger partial charge < -0.3 is 10.2 Å². The summed E-state index contributed by atoms with van der Waals surface area (Å²) >= 11 is 0. The molecule has 1 saturated heterocycles. The van der Waals surface area contributed by atoms with Crippen LogP contribution in [0.1, 0.15) is 30.0 Å². The molecule has 0 aliphatic carbocycles. The molecule has 2 aromatic carbocycles. The molecule has 0 bridgehead atoms. The molecule has 2 heterocycles. The molecule has 0 aromatic heterocycles. The molecule has 0 unspecified atom stereocenters. The van der Waals surface area contributed by atoms with Crippen LogP contribution >= 0.6 is 0 Å². The molecule has 2 nitrogen and oxygen atoms in total. The van der Waals surface area contributed by atoms with Gasteiger partial charge in [0.15, 0.2) is 0 Å². The minimum Gasteiger partial charge on any atom is -0.359 e. The molecule has 2 aliphatic rings. The van der Waals surface area contributed by atoms with Gasteiger partial charge in [0.25, 0.3) is 0 Å². The van der Waals surface area contributed by atoms with Crippen LogP contribution in [0, 0.1) is 0 Å². The SMILES string of the molecule is CC[C@@]12CNCCN1c1ccccc1Cc1ccccc12. The maximum Gasteiger partial charge on any atom is 0.0778 e. The third-order valence-corrected chi connectivity index (χ3v) is 5.21. The Morgan fingerprint density at radius 3 is 2.67 bits per heavy atom. The number of hydrogen-bond donors (Lipinski definition) is 1. The lowest BCUT2D eigenvalue weighted by molar-refractivity contribution is 0.322. The van der Waals surface area contributed by atoms with Gasteiger partial charge in [0.2, 0.25) is 0 Å². The van der Waals surface area contributed by atoms with Gasteiger partial charge in [-0.15, -0.1) is 0 Å². The Morgan fingerprint density at radius 1 is 1.05 bits per heavy atom. The average molecular weight is 278 g/mol. The van der Waals surface area contributed by atoms with Crippen LogP contribution in [0.2, 0.25) is 0 Å². The molecule has 0 amide bonds. The van der Waals surface area contributed by atoms with E-state index in [-0.39, 0.29) is 5.54 Å². The maximum absolute atomic E-state index is 3.63. The van der Waals surface area contributed by atoms with Gasteiger partial charge in [0.1, 0.15) is 0 Å². The normalized spacial score (nSPS) is 23.8. The van der Waals surface area contributed by atoms with E-state index in [1.54, 1.807) is 0 Å². The molecule has 0 saturated carbocycles. The van der Waals surface area contributed by atoms with E-state index in [0.29, 0.717) is 0 Å². The predicted molar refractivity (Wildman–Crippen MR) is 87.9 cm³/mol. The summed E-state index contributed by atoms with van der Waals surface area (Å²) in [5, 5.41) is 3.63. The van der Waals surface area contributed by atoms with E-state index >= 15 is 0 Å². The van der Waals surface area contributed by atoms with Gasteiger partial charge in [-0.2, -0.15) is 0 Å². The minimum absolute atomic E-state index is 0.0987. The summed E-state index contributed by atoms with van der Waals surface area (Å²) in [6.45, 7) is 5.51. The van der Waals surface area contributed by atoms with Crippen molar-refractivity contribution in [2.24, 2.45) is 0 Å². The van der Waals surface area contributed by atoms with Crippen molar-refractivity contribution in [2.75, 3.05) is 24.5 Å². The highest BCUT2D eigenvalue weighted by molar-refractivity contribution is 5.63. The van der Waals surface area contributed by atoms with Crippen molar-refractivity contribution in [3.05, 3.63) is 65.2 Å². The van der Waals surface area contributed by atoms with E-state index in [1.807, 2.05) is 0 Å². The van der Waals surface area contributed by atoms with Crippen molar-refractivity contribution in [1.29, 1.82) is 0 Å². The Balaban J connectivity index is 2.00. The summed E-state index contributed by atoms with van der Waals surface area (Å²) in [6, 6.07) is 18.0. The van der Waals surface area contributed by atoms with Gasteiger partial charge in [0.05, 0.1) is 5.54 Å². The highest BCUT2D eigenvalue weighted by Gasteiger charge is 2.42. The zero-order chi connectivity index (χ0) is 14.3. The summed E-state index contributed by atoms with van der Waals surface area (Å²) < 4.78 is 0. The van der Waals surface area contributed by atoms with E-state index in [1.165, 1.54) is 22.4 Å². The van der Waals surface area contributed by atoms with Crippen molar-refractivity contribution in [3.8, 4) is 0 Å². The maximum atomic E-state index is 3.63. The Morgan fingerprint density at radius 2 is 1.81 bits per heavy atom. The number of nitrogens with zero attached hydrogens (tertiary/aromatic N) is 1. The number of rotatable bonds is 1. The van der Waals surface area contributed by atoms with Gasteiger partial charge in [-0.3, -0.25) is 0 Å². The highest BCUT2D eigenvalue weighted by atomic mass is 15.3. The van der Waals surface area contributed by atoms with Crippen LogP contribution in [0.15, 0.2) is 48.5 Å². The molecule has 2 heteroatoms. The fourth-order valence-corrected chi connectivity index (χ4v) is 4.15. The van der Waals surface area contributed by atoms with Crippen LogP contribution in [-0.4, -0.2) is 19.6 Å². The number of hydrogen-bond acceptors (Lipinski definition) is 2. The molecule has 0 spiro atoms. The molecule has 2 aromatic rings. The monoisotopic (exact) mass is 278 g/mol. The van der Waals surface area contributed by atoms with E-state index in [0.717, 1.165) is 32.5 Å². The molecule has 1 fully saturated rings. The second-order valence-electron chi connectivity index (χ2n) is 6.18. The lowest BCUT2D eigenvalue weighted by atomic mass is 9.81. The lowest BCUT2D eigenvalue weighted by Gasteiger charge is -2.49. The van der Waals surface area contributed by atoms with E-state index in [2.05, 4.69) is 65.7 Å². The van der Waals surface area contributed by atoms with Crippen LogP contribution < -0.4 is 10.2 Å². The number of nitrogens with one attached hydrogen (secondary N) is 1. The first kappa shape index (κ1) is 12.9. The molecule has 21 heavy (non-hydrogen) atoms. The first-order valence-electron chi connectivity index (χ1n) is 8.00. The molecular formula is C19H22N2. The zero-order valence-corrected chi connectivity index (χ0v) is 12.6. The van der Waals surface area contributed by atoms with Crippen molar-refractivity contribution in [3.63, 3.8) is 0 Å². The largest absolute Gasteiger partial charge is 0.359 e. The average Bonchev–Trinajstić information content (AvgIpc) is 2.68. The number of para-hydroxylation sites is 1. The zero-order valence-electron chi connectivity index (χ0n) is 12.6. The molecule has 2 aliphatic heterocycles. The highest BCUT2D eigenvalue weighted by Crippen LogP contribution is 2.43. The van der Waals surface area contributed by atoms with E-state index in [9.17, 15) is 0 Å². The summed E-state index contributed by atoms with van der Waals surface area (Å²) in [6.07, 6.45) is 2.18. The summed E-state index contributed by atoms with van der Waals surface area (Å²) in [5.74, 6) is 0. The Hall–Kier alpha value is -1.80. The van der Waals surface area contributed by atoms with Crippen molar-refractivity contribution >= 4 is 5.69 Å². The fraction of sp³-hybridized carbons (Fsp3) is 0.368.